The molecule has 2 aliphatic heterocycles. The average molecular weight is 600 g/mol. The first-order valence-electron chi connectivity index (χ1n) is 13.6. The molecular formula is C31H31BrN6O2. The van der Waals surface area contributed by atoms with Crippen LogP contribution >= 0.6 is 15.9 Å². The van der Waals surface area contributed by atoms with Gasteiger partial charge in [0.2, 0.25) is 5.91 Å². The average Bonchev–Trinajstić information content (AvgIpc) is 3.59. The van der Waals surface area contributed by atoms with Crippen molar-refractivity contribution in [3.63, 3.8) is 0 Å². The molecule has 1 atom stereocenters. The lowest BCUT2D eigenvalue weighted by molar-refractivity contribution is -0.126. The van der Waals surface area contributed by atoms with E-state index in [0.717, 1.165) is 38.4 Å². The van der Waals surface area contributed by atoms with E-state index in [1.807, 2.05) is 33.8 Å². The van der Waals surface area contributed by atoms with Crippen molar-refractivity contribution in [2.24, 2.45) is 0 Å². The Morgan fingerprint density at radius 2 is 1.90 bits per heavy atom. The highest BCUT2D eigenvalue weighted by molar-refractivity contribution is 9.10. The van der Waals surface area contributed by atoms with Crippen LogP contribution in [0, 0.1) is 0 Å². The Bertz CT molecular complexity index is 1590. The molecule has 9 heteroatoms. The first kappa shape index (κ1) is 26.3. The number of nitrogens with zero attached hydrogens (tertiary/aromatic N) is 5. The maximum atomic E-state index is 14.1. The number of benzene rings is 2. The molecule has 0 spiro atoms. The summed E-state index contributed by atoms with van der Waals surface area (Å²) >= 11 is 3.60. The third kappa shape index (κ3) is 4.58. The number of aromatic amines is 1. The number of carbonyl (C=O) groups is 2. The number of amides is 2. The number of nitrogens with one attached hydrogen (secondary N) is 1. The summed E-state index contributed by atoms with van der Waals surface area (Å²) in [6.07, 6.45) is 4.34. The third-order valence-electron chi connectivity index (χ3n) is 7.96. The second kappa shape index (κ2) is 10.5. The summed E-state index contributed by atoms with van der Waals surface area (Å²) in [4.78, 5) is 30.6. The van der Waals surface area contributed by atoms with E-state index < -0.39 is 0 Å². The molecule has 2 amide bonds. The maximum absolute atomic E-state index is 14.1. The van der Waals surface area contributed by atoms with E-state index in [-0.39, 0.29) is 17.9 Å². The minimum Gasteiger partial charge on any atom is -0.336 e. The van der Waals surface area contributed by atoms with Crippen molar-refractivity contribution in [3.8, 4) is 16.9 Å². The summed E-state index contributed by atoms with van der Waals surface area (Å²) in [7, 11) is 0. The number of H-pyrrole nitrogens is 1. The molecule has 0 aliphatic carbocycles. The second-order valence-corrected chi connectivity index (χ2v) is 11.5. The number of halogens is 1. The molecule has 6 rings (SSSR count). The van der Waals surface area contributed by atoms with Crippen LogP contribution in [0.1, 0.15) is 58.7 Å². The molecule has 0 bridgehead atoms. The molecule has 4 heterocycles. The Balaban J connectivity index is 1.41. The number of aromatic nitrogens is 4. The van der Waals surface area contributed by atoms with E-state index in [2.05, 4.69) is 70.8 Å². The highest BCUT2D eigenvalue weighted by Gasteiger charge is 2.40. The minimum absolute atomic E-state index is 0.0724. The smallest absolute Gasteiger partial charge is 0.254 e. The normalized spacial score (nSPS) is 16.6. The lowest BCUT2D eigenvalue weighted by Gasteiger charge is -2.38. The Hall–Kier alpha value is -3.98. The largest absolute Gasteiger partial charge is 0.336 e. The molecule has 0 saturated carbocycles. The molecular weight excluding hydrogens is 568 g/mol. The highest BCUT2D eigenvalue weighted by atomic mass is 79.9. The van der Waals surface area contributed by atoms with Crippen LogP contribution < -0.4 is 0 Å². The van der Waals surface area contributed by atoms with Crippen molar-refractivity contribution in [1.82, 2.24) is 29.8 Å². The fourth-order valence-corrected chi connectivity index (χ4v) is 6.28. The molecule has 4 aromatic rings. The topological polar surface area (TPSA) is 87.1 Å². The molecule has 0 saturated heterocycles. The van der Waals surface area contributed by atoms with Crippen LogP contribution in [0.4, 0.5) is 0 Å². The molecule has 1 unspecified atom stereocenters. The summed E-state index contributed by atoms with van der Waals surface area (Å²) in [5, 5.41) is 12.1. The number of rotatable bonds is 5. The van der Waals surface area contributed by atoms with Crippen LogP contribution in [0.25, 0.3) is 16.9 Å². The zero-order chi connectivity index (χ0) is 28.0. The van der Waals surface area contributed by atoms with E-state index in [1.165, 1.54) is 11.6 Å². The Labute approximate surface area is 241 Å². The van der Waals surface area contributed by atoms with Crippen LogP contribution in [-0.2, 0) is 17.6 Å². The Kier molecular flexibility index (Phi) is 6.92. The molecule has 204 valence electrons. The third-order valence-corrected chi connectivity index (χ3v) is 8.66. The van der Waals surface area contributed by atoms with Gasteiger partial charge in [0.15, 0.2) is 0 Å². The molecule has 2 aromatic heterocycles. The van der Waals surface area contributed by atoms with E-state index in [1.54, 1.807) is 11.1 Å². The van der Waals surface area contributed by atoms with Crippen molar-refractivity contribution in [3.05, 3.63) is 99.9 Å². The molecule has 8 nitrogen and oxygen atoms in total. The van der Waals surface area contributed by atoms with Crippen LogP contribution in [-0.4, -0.2) is 61.2 Å². The van der Waals surface area contributed by atoms with Crippen LogP contribution in [0.15, 0.2) is 71.9 Å². The molecule has 1 N–H and O–H groups in total. The first-order valence-corrected chi connectivity index (χ1v) is 14.4. The maximum Gasteiger partial charge on any atom is 0.254 e. The fourth-order valence-electron chi connectivity index (χ4n) is 5.82. The molecule has 0 fully saturated rings. The van der Waals surface area contributed by atoms with Gasteiger partial charge in [-0.25, -0.2) is 4.68 Å². The SMILES string of the molecule is C=CC(=O)N1CCc2nn(-c3ccc(C(C)C)cc3)c3c2C(C1)N(C(=O)c1ccc(Br)c(-c2ccn[nH]2)c1)CC3. The van der Waals surface area contributed by atoms with E-state index >= 15 is 0 Å². The van der Waals surface area contributed by atoms with Crippen molar-refractivity contribution < 1.29 is 9.59 Å². The fraction of sp³-hybridized carbons (Fsp3) is 0.290. The summed E-state index contributed by atoms with van der Waals surface area (Å²) in [6.45, 7) is 9.52. The van der Waals surface area contributed by atoms with E-state index in [4.69, 9.17) is 5.10 Å². The standard InChI is InChI=1S/C31H31BrN6O2/c1-4-29(39)36-15-12-26-30-27(38(35-26)22-8-5-20(6-9-22)19(2)3)13-16-37(28(30)18-36)31(40)21-7-10-24(32)23(17-21)25-11-14-33-34-25/h4-11,14,17,19,28H,1,12-13,15-16,18H2,2-3H3,(H,33,34). The Morgan fingerprint density at radius 3 is 2.60 bits per heavy atom. The van der Waals surface area contributed by atoms with Gasteiger partial charge in [-0.2, -0.15) is 10.2 Å². The minimum atomic E-state index is -0.305. The second-order valence-electron chi connectivity index (χ2n) is 10.6. The lowest BCUT2D eigenvalue weighted by atomic mass is 9.94. The summed E-state index contributed by atoms with van der Waals surface area (Å²) in [6, 6.07) is 15.7. The van der Waals surface area contributed by atoms with Gasteiger partial charge in [-0.15, -0.1) is 0 Å². The summed E-state index contributed by atoms with van der Waals surface area (Å²) in [5.41, 5.74) is 7.70. The molecule has 40 heavy (non-hydrogen) atoms. The van der Waals surface area contributed by atoms with Crippen LogP contribution in [0.5, 0.6) is 0 Å². The van der Waals surface area contributed by atoms with Crippen LogP contribution in [0.3, 0.4) is 0 Å². The predicted molar refractivity (Wildman–Crippen MR) is 157 cm³/mol. The van der Waals surface area contributed by atoms with Gasteiger partial charge in [-0.05, 0) is 54.0 Å². The Morgan fingerprint density at radius 1 is 1.10 bits per heavy atom. The van der Waals surface area contributed by atoms with Gasteiger partial charge >= 0.3 is 0 Å². The number of carbonyl (C=O) groups excluding carboxylic acids is 2. The van der Waals surface area contributed by atoms with Gasteiger partial charge in [0.05, 0.1) is 28.8 Å². The zero-order valence-corrected chi connectivity index (χ0v) is 24.2. The number of hydrogen-bond donors (Lipinski definition) is 1. The highest BCUT2D eigenvalue weighted by Crippen LogP contribution is 2.38. The molecule has 2 aromatic carbocycles. The lowest BCUT2D eigenvalue weighted by Crippen LogP contribution is -2.45. The summed E-state index contributed by atoms with van der Waals surface area (Å²) in [5.74, 6) is 0.246. The quantitative estimate of drug-likeness (QED) is 0.309. The van der Waals surface area contributed by atoms with E-state index in [0.29, 0.717) is 44.0 Å². The van der Waals surface area contributed by atoms with Crippen LogP contribution in [0.2, 0.25) is 0 Å². The van der Waals surface area contributed by atoms with Crippen molar-refractivity contribution in [2.75, 3.05) is 19.6 Å². The van der Waals surface area contributed by atoms with Gasteiger partial charge in [-0.3, -0.25) is 14.7 Å². The zero-order valence-electron chi connectivity index (χ0n) is 22.6. The number of hydrogen-bond acceptors (Lipinski definition) is 4. The molecule has 2 aliphatic rings. The van der Waals surface area contributed by atoms with Gasteiger partial charge in [0, 0.05) is 59.8 Å². The molecule has 0 radical (unpaired) electrons. The van der Waals surface area contributed by atoms with Gasteiger partial charge in [0.25, 0.3) is 5.91 Å². The van der Waals surface area contributed by atoms with Gasteiger partial charge in [0.1, 0.15) is 0 Å². The van der Waals surface area contributed by atoms with Gasteiger partial charge < -0.3 is 9.80 Å². The van der Waals surface area contributed by atoms with Gasteiger partial charge in [-0.1, -0.05) is 48.5 Å². The van der Waals surface area contributed by atoms with E-state index in [9.17, 15) is 9.59 Å². The summed E-state index contributed by atoms with van der Waals surface area (Å²) < 4.78 is 2.92. The predicted octanol–water partition coefficient (Wildman–Crippen LogP) is 5.46. The first-order chi connectivity index (χ1) is 19.4. The monoisotopic (exact) mass is 598 g/mol. The van der Waals surface area contributed by atoms with Crippen molar-refractivity contribution in [1.29, 1.82) is 0 Å². The van der Waals surface area contributed by atoms with Crippen molar-refractivity contribution in [2.45, 2.75) is 38.6 Å². The van der Waals surface area contributed by atoms with Crippen molar-refractivity contribution >= 4 is 27.7 Å².